The molecule has 4 heteroatoms. The normalized spacial score (nSPS) is 11.6. The van der Waals surface area contributed by atoms with Gasteiger partial charge in [-0.25, -0.2) is 0 Å². The highest BCUT2D eigenvalue weighted by Crippen LogP contribution is 2.14. The van der Waals surface area contributed by atoms with Crippen molar-refractivity contribution in [3.8, 4) is 0 Å². The second-order valence-electron chi connectivity index (χ2n) is 4.58. The molecule has 0 aromatic carbocycles. The SMILES string of the molecule is CCc1occc1C(=O)N(C)CC(C)(C)O. The number of aryl methyl sites for hydroxylation is 1. The average molecular weight is 225 g/mol. The Hall–Kier alpha value is -1.29. The smallest absolute Gasteiger partial charge is 0.257 e. The van der Waals surface area contributed by atoms with Gasteiger partial charge in [0.15, 0.2) is 0 Å². The Kier molecular flexibility index (Phi) is 3.75. The molecule has 0 saturated carbocycles. The summed E-state index contributed by atoms with van der Waals surface area (Å²) in [5, 5.41) is 9.64. The van der Waals surface area contributed by atoms with Crippen molar-refractivity contribution in [2.24, 2.45) is 0 Å². The standard InChI is InChI=1S/C12H19NO3/c1-5-10-9(6-7-16-10)11(14)13(4)8-12(2,3)15/h6-7,15H,5,8H2,1-4H3. The summed E-state index contributed by atoms with van der Waals surface area (Å²) in [6.45, 7) is 5.57. The van der Waals surface area contributed by atoms with Crippen LogP contribution in [0.1, 0.15) is 36.9 Å². The first-order chi connectivity index (χ1) is 7.35. The van der Waals surface area contributed by atoms with E-state index in [1.165, 1.54) is 11.2 Å². The van der Waals surface area contributed by atoms with Crippen LogP contribution in [0.4, 0.5) is 0 Å². The van der Waals surface area contributed by atoms with Crippen molar-refractivity contribution in [3.05, 3.63) is 23.7 Å². The molecule has 0 unspecified atom stereocenters. The molecular formula is C12H19NO3. The Labute approximate surface area is 95.9 Å². The van der Waals surface area contributed by atoms with E-state index in [0.717, 1.165) is 0 Å². The molecule has 0 aliphatic heterocycles. The maximum atomic E-state index is 12.0. The van der Waals surface area contributed by atoms with Crippen LogP contribution >= 0.6 is 0 Å². The van der Waals surface area contributed by atoms with E-state index in [-0.39, 0.29) is 5.91 Å². The maximum absolute atomic E-state index is 12.0. The van der Waals surface area contributed by atoms with Crippen LogP contribution in [-0.4, -0.2) is 35.1 Å². The van der Waals surface area contributed by atoms with Crippen molar-refractivity contribution in [3.63, 3.8) is 0 Å². The van der Waals surface area contributed by atoms with Crippen LogP contribution in [0.15, 0.2) is 16.7 Å². The predicted molar refractivity (Wildman–Crippen MR) is 61.3 cm³/mol. The minimum atomic E-state index is -0.888. The number of furan rings is 1. The van der Waals surface area contributed by atoms with Gasteiger partial charge in [0.25, 0.3) is 5.91 Å². The van der Waals surface area contributed by atoms with E-state index in [1.807, 2.05) is 6.92 Å². The van der Waals surface area contributed by atoms with Crippen LogP contribution in [0.25, 0.3) is 0 Å². The quantitative estimate of drug-likeness (QED) is 0.848. The highest BCUT2D eigenvalue weighted by atomic mass is 16.3. The van der Waals surface area contributed by atoms with Crippen molar-refractivity contribution < 1.29 is 14.3 Å². The number of rotatable bonds is 4. The van der Waals surface area contributed by atoms with Gasteiger partial charge in [0.2, 0.25) is 0 Å². The lowest BCUT2D eigenvalue weighted by Crippen LogP contribution is -2.39. The molecule has 0 bridgehead atoms. The van der Waals surface area contributed by atoms with E-state index in [0.29, 0.717) is 24.3 Å². The number of nitrogens with zero attached hydrogens (tertiary/aromatic N) is 1. The summed E-state index contributed by atoms with van der Waals surface area (Å²) < 4.78 is 5.21. The Balaban J connectivity index is 2.78. The van der Waals surface area contributed by atoms with Crippen LogP contribution in [0.3, 0.4) is 0 Å². The van der Waals surface area contributed by atoms with Gasteiger partial charge in [0, 0.05) is 20.0 Å². The summed E-state index contributed by atoms with van der Waals surface area (Å²) in [6.07, 6.45) is 2.20. The summed E-state index contributed by atoms with van der Waals surface area (Å²) in [7, 11) is 1.67. The molecule has 1 rings (SSSR count). The van der Waals surface area contributed by atoms with Crippen molar-refractivity contribution in [2.45, 2.75) is 32.8 Å². The topological polar surface area (TPSA) is 53.7 Å². The third-order valence-electron chi connectivity index (χ3n) is 2.27. The summed E-state index contributed by atoms with van der Waals surface area (Å²) in [4.78, 5) is 13.5. The van der Waals surface area contributed by atoms with E-state index in [2.05, 4.69) is 0 Å². The number of hydrogen-bond acceptors (Lipinski definition) is 3. The number of amides is 1. The number of hydrogen-bond donors (Lipinski definition) is 1. The van der Waals surface area contributed by atoms with Crippen LogP contribution in [0.5, 0.6) is 0 Å². The Morgan fingerprint density at radius 1 is 1.56 bits per heavy atom. The molecule has 0 fully saturated rings. The molecule has 0 saturated heterocycles. The lowest BCUT2D eigenvalue weighted by Gasteiger charge is -2.25. The monoisotopic (exact) mass is 225 g/mol. The van der Waals surface area contributed by atoms with Crippen LogP contribution < -0.4 is 0 Å². The van der Waals surface area contributed by atoms with Crippen molar-refractivity contribution >= 4 is 5.91 Å². The minimum absolute atomic E-state index is 0.118. The van der Waals surface area contributed by atoms with Gasteiger partial charge in [-0.15, -0.1) is 0 Å². The molecular weight excluding hydrogens is 206 g/mol. The fourth-order valence-electron chi connectivity index (χ4n) is 1.66. The third kappa shape index (κ3) is 3.10. The molecule has 1 amide bonds. The zero-order chi connectivity index (χ0) is 12.3. The van der Waals surface area contributed by atoms with Gasteiger partial charge < -0.3 is 14.4 Å². The molecule has 0 atom stereocenters. The Morgan fingerprint density at radius 3 is 2.69 bits per heavy atom. The first-order valence-electron chi connectivity index (χ1n) is 5.39. The summed E-state index contributed by atoms with van der Waals surface area (Å²) >= 11 is 0. The van der Waals surface area contributed by atoms with Gasteiger partial charge in [0.1, 0.15) is 5.76 Å². The first kappa shape index (κ1) is 12.8. The Morgan fingerprint density at radius 2 is 2.19 bits per heavy atom. The van der Waals surface area contributed by atoms with Gasteiger partial charge in [-0.2, -0.15) is 0 Å². The van der Waals surface area contributed by atoms with Crippen molar-refractivity contribution in [1.29, 1.82) is 0 Å². The zero-order valence-corrected chi connectivity index (χ0v) is 10.3. The van der Waals surface area contributed by atoms with E-state index in [1.54, 1.807) is 27.0 Å². The number of likely N-dealkylation sites (N-methyl/N-ethyl adjacent to an activating group) is 1. The summed E-state index contributed by atoms with van der Waals surface area (Å²) in [5.41, 5.74) is -0.310. The van der Waals surface area contributed by atoms with Gasteiger partial charge in [-0.3, -0.25) is 4.79 Å². The van der Waals surface area contributed by atoms with Crippen LogP contribution in [0.2, 0.25) is 0 Å². The predicted octanol–water partition coefficient (Wildman–Crippen LogP) is 1.68. The first-order valence-corrected chi connectivity index (χ1v) is 5.39. The highest BCUT2D eigenvalue weighted by Gasteiger charge is 2.22. The molecule has 0 radical (unpaired) electrons. The average Bonchev–Trinajstić information content (AvgIpc) is 2.61. The van der Waals surface area contributed by atoms with Gasteiger partial charge in [-0.05, 0) is 19.9 Å². The van der Waals surface area contributed by atoms with E-state index in [4.69, 9.17) is 4.42 Å². The lowest BCUT2D eigenvalue weighted by molar-refractivity contribution is 0.0366. The maximum Gasteiger partial charge on any atom is 0.257 e. The fourth-order valence-corrected chi connectivity index (χ4v) is 1.66. The third-order valence-corrected chi connectivity index (χ3v) is 2.27. The van der Waals surface area contributed by atoms with Gasteiger partial charge in [0.05, 0.1) is 17.4 Å². The fraction of sp³-hybridized carbons (Fsp3) is 0.583. The largest absolute Gasteiger partial charge is 0.469 e. The molecule has 1 N–H and O–H groups in total. The molecule has 0 aliphatic carbocycles. The molecule has 0 spiro atoms. The molecule has 1 aromatic heterocycles. The lowest BCUT2D eigenvalue weighted by atomic mass is 10.1. The highest BCUT2D eigenvalue weighted by molar-refractivity contribution is 5.95. The second-order valence-corrected chi connectivity index (χ2v) is 4.58. The van der Waals surface area contributed by atoms with E-state index >= 15 is 0 Å². The molecule has 4 nitrogen and oxygen atoms in total. The zero-order valence-electron chi connectivity index (χ0n) is 10.3. The number of carbonyl (C=O) groups is 1. The van der Waals surface area contributed by atoms with Gasteiger partial charge in [-0.1, -0.05) is 6.92 Å². The molecule has 1 heterocycles. The molecule has 90 valence electrons. The number of carbonyl (C=O) groups excluding carboxylic acids is 1. The van der Waals surface area contributed by atoms with E-state index < -0.39 is 5.60 Å². The van der Waals surface area contributed by atoms with Crippen molar-refractivity contribution in [1.82, 2.24) is 4.90 Å². The van der Waals surface area contributed by atoms with Gasteiger partial charge >= 0.3 is 0 Å². The molecule has 0 aliphatic rings. The van der Waals surface area contributed by atoms with Crippen LogP contribution in [0, 0.1) is 0 Å². The molecule has 1 aromatic rings. The molecule has 16 heavy (non-hydrogen) atoms. The number of aliphatic hydroxyl groups is 1. The summed E-state index contributed by atoms with van der Waals surface area (Å²) in [5.74, 6) is 0.570. The second kappa shape index (κ2) is 4.70. The summed E-state index contributed by atoms with van der Waals surface area (Å²) in [6, 6.07) is 1.67. The van der Waals surface area contributed by atoms with E-state index in [9.17, 15) is 9.90 Å². The minimum Gasteiger partial charge on any atom is -0.469 e. The van der Waals surface area contributed by atoms with Crippen LogP contribution in [-0.2, 0) is 6.42 Å². The Bertz CT molecular complexity index is 363. The van der Waals surface area contributed by atoms with Crippen molar-refractivity contribution in [2.75, 3.05) is 13.6 Å².